The highest BCUT2D eigenvalue weighted by Gasteiger charge is 2.31. The average Bonchev–Trinajstić information content (AvgIpc) is 3.06. The molecule has 164 valence electrons. The average molecular weight is 485 g/mol. The van der Waals surface area contributed by atoms with Gasteiger partial charge in [-0.25, -0.2) is 23.4 Å². The molecule has 4 rings (SSSR count). The lowest BCUT2D eigenvalue weighted by Gasteiger charge is -2.18. The Balaban J connectivity index is 1.63. The van der Waals surface area contributed by atoms with E-state index in [1.165, 1.54) is 18.6 Å². The number of aryl methyl sites for hydroxylation is 1. The van der Waals surface area contributed by atoms with E-state index in [0.29, 0.717) is 33.8 Å². The quantitative estimate of drug-likeness (QED) is 0.464. The second-order valence-electron chi connectivity index (χ2n) is 6.87. The predicted molar refractivity (Wildman–Crippen MR) is 113 cm³/mol. The summed E-state index contributed by atoms with van der Waals surface area (Å²) in [4.78, 5) is 12.1. The van der Waals surface area contributed by atoms with Crippen LogP contribution in [0.2, 0.25) is 10.2 Å². The van der Waals surface area contributed by atoms with Crippen LogP contribution >= 0.6 is 23.2 Å². The van der Waals surface area contributed by atoms with E-state index in [1.807, 2.05) is 0 Å². The zero-order chi connectivity index (χ0) is 22.0. The number of pyridine rings is 1. The zero-order valence-corrected chi connectivity index (χ0v) is 18.7. The third kappa shape index (κ3) is 4.79. The third-order valence-electron chi connectivity index (χ3n) is 4.67. The number of rotatable bonds is 7. The lowest BCUT2D eigenvalue weighted by molar-refractivity contribution is 0.124. The highest BCUT2D eigenvalue weighted by Crippen LogP contribution is 2.38. The third-order valence-corrected chi connectivity index (χ3v) is 6.66. The SMILES string of the molecule is COC[C@@H]1COc2c(ccnc2Cl)-c2nnc(CS(=O)(=O)CCc3ncc(Cl)cn3)n21. The Morgan fingerprint density at radius 2 is 2.00 bits per heavy atom. The van der Waals surface area contributed by atoms with Crippen molar-refractivity contribution in [3.63, 3.8) is 0 Å². The minimum atomic E-state index is -3.54. The first kappa shape index (κ1) is 21.9. The van der Waals surface area contributed by atoms with Crippen molar-refractivity contribution in [1.82, 2.24) is 29.7 Å². The van der Waals surface area contributed by atoms with Crippen molar-refractivity contribution < 1.29 is 17.9 Å². The number of halogens is 2. The maximum Gasteiger partial charge on any atom is 0.171 e. The Labute approximate surface area is 188 Å². The van der Waals surface area contributed by atoms with E-state index in [2.05, 4.69) is 25.1 Å². The van der Waals surface area contributed by atoms with Crippen LogP contribution in [-0.2, 0) is 26.7 Å². The van der Waals surface area contributed by atoms with E-state index in [9.17, 15) is 8.42 Å². The van der Waals surface area contributed by atoms with Gasteiger partial charge in [0.05, 0.1) is 29.0 Å². The van der Waals surface area contributed by atoms with Crippen molar-refractivity contribution in [1.29, 1.82) is 0 Å². The number of fused-ring (bicyclic) bond motifs is 3. The van der Waals surface area contributed by atoms with E-state index in [4.69, 9.17) is 32.7 Å². The smallest absolute Gasteiger partial charge is 0.171 e. The lowest BCUT2D eigenvalue weighted by atomic mass is 10.2. The van der Waals surface area contributed by atoms with Crippen molar-refractivity contribution in [2.45, 2.75) is 18.2 Å². The van der Waals surface area contributed by atoms with Gasteiger partial charge in [-0.15, -0.1) is 10.2 Å². The molecule has 0 spiro atoms. The van der Waals surface area contributed by atoms with Gasteiger partial charge in [-0.3, -0.25) is 0 Å². The minimum absolute atomic E-state index is 0.144. The summed E-state index contributed by atoms with van der Waals surface area (Å²) in [5, 5.41) is 8.98. The van der Waals surface area contributed by atoms with Crippen LogP contribution in [0, 0.1) is 0 Å². The van der Waals surface area contributed by atoms with Crippen molar-refractivity contribution in [3.05, 3.63) is 46.5 Å². The van der Waals surface area contributed by atoms with Crippen LogP contribution in [0.25, 0.3) is 11.4 Å². The molecular weight excluding hydrogens is 467 g/mol. The monoisotopic (exact) mass is 484 g/mol. The molecule has 3 aromatic rings. The summed E-state index contributed by atoms with van der Waals surface area (Å²) in [5.41, 5.74) is 0.587. The van der Waals surface area contributed by atoms with Crippen LogP contribution in [0.15, 0.2) is 24.7 Å². The van der Waals surface area contributed by atoms with Crippen molar-refractivity contribution >= 4 is 33.0 Å². The number of methoxy groups -OCH3 is 1. The molecule has 4 heterocycles. The van der Waals surface area contributed by atoms with Crippen molar-refractivity contribution in [2.75, 3.05) is 26.1 Å². The van der Waals surface area contributed by atoms with E-state index in [-0.39, 0.29) is 42.3 Å². The molecule has 0 amide bonds. The molecule has 0 bridgehead atoms. The molecule has 13 heteroatoms. The van der Waals surface area contributed by atoms with Gasteiger partial charge in [-0.05, 0) is 6.07 Å². The number of ether oxygens (including phenoxy) is 2. The maximum absolute atomic E-state index is 12.8. The summed E-state index contributed by atoms with van der Waals surface area (Å²) in [5.74, 6) is 1.07. The molecule has 31 heavy (non-hydrogen) atoms. The molecule has 1 aliphatic heterocycles. The van der Waals surface area contributed by atoms with E-state index >= 15 is 0 Å². The summed E-state index contributed by atoms with van der Waals surface area (Å²) < 4.78 is 38.5. The maximum atomic E-state index is 12.8. The molecule has 0 aliphatic carbocycles. The molecule has 10 nitrogen and oxygen atoms in total. The number of hydrogen-bond acceptors (Lipinski definition) is 9. The molecule has 0 fully saturated rings. The van der Waals surface area contributed by atoms with Gasteiger partial charge in [0, 0.05) is 32.1 Å². The first-order valence-electron chi connectivity index (χ1n) is 9.25. The first-order valence-corrected chi connectivity index (χ1v) is 11.8. The Kier molecular flexibility index (Phi) is 6.37. The normalized spacial score (nSPS) is 15.6. The molecule has 3 aromatic heterocycles. The fourth-order valence-corrected chi connectivity index (χ4v) is 4.82. The van der Waals surface area contributed by atoms with Gasteiger partial charge >= 0.3 is 0 Å². The van der Waals surface area contributed by atoms with Gasteiger partial charge in [-0.1, -0.05) is 23.2 Å². The fraction of sp³-hybridized carbons (Fsp3) is 0.389. The van der Waals surface area contributed by atoms with Gasteiger partial charge in [0.2, 0.25) is 0 Å². The molecule has 1 aliphatic rings. The Bertz CT molecular complexity index is 1190. The Hall–Kier alpha value is -2.34. The second-order valence-corrected chi connectivity index (χ2v) is 9.85. The molecule has 0 saturated heterocycles. The topological polar surface area (TPSA) is 122 Å². The van der Waals surface area contributed by atoms with Crippen molar-refractivity contribution in [2.24, 2.45) is 0 Å². The predicted octanol–water partition coefficient (Wildman–Crippen LogP) is 2.17. The van der Waals surface area contributed by atoms with Crippen LogP contribution in [0.5, 0.6) is 5.75 Å². The van der Waals surface area contributed by atoms with Gasteiger partial charge in [0.15, 0.2) is 26.6 Å². The van der Waals surface area contributed by atoms with Crippen LogP contribution < -0.4 is 4.74 Å². The summed E-state index contributed by atoms with van der Waals surface area (Å²) in [6.45, 7) is 0.471. The van der Waals surface area contributed by atoms with Crippen molar-refractivity contribution in [3.8, 4) is 17.1 Å². The molecule has 0 unspecified atom stereocenters. The van der Waals surface area contributed by atoms with E-state index in [1.54, 1.807) is 17.7 Å². The summed E-state index contributed by atoms with van der Waals surface area (Å²) in [7, 11) is -1.98. The highest BCUT2D eigenvalue weighted by molar-refractivity contribution is 7.90. The number of aromatic nitrogens is 6. The number of nitrogens with zero attached hydrogens (tertiary/aromatic N) is 6. The van der Waals surface area contributed by atoms with E-state index < -0.39 is 9.84 Å². The lowest BCUT2D eigenvalue weighted by Crippen LogP contribution is -2.24. The summed E-state index contributed by atoms with van der Waals surface area (Å²) >= 11 is 12.0. The van der Waals surface area contributed by atoms with Gasteiger partial charge in [0.1, 0.15) is 24.0 Å². The summed E-state index contributed by atoms with van der Waals surface area (Å²) in [6.07, 6.45) is 4.56. The Morgan fingerprint density at radius 1 is 1.23 bits per heavy atom. The largest absolute Gasteiger partial charge is 0.487 e. The van der Waals surface area contributed by atoms with Crippen LogP contribution in [0.1, 0.15) is 17.7 Å². The number of hydrogen-bond donors (Lipinski definition) is 0. The molecule has 0 aromatic carbocycles. The molecule has 0 radical (unpaired) electrons. The number of sulfone groups is 1. The van der Waals surface area contributed by atoms with Gasteiger partial charge < -0.3 is 14.0 Å². The molecule has 1 atom stereocenters. The highest BCUT2D eigenvalue weighted by atomic mass is 35.5. The Morgan fingerprint density at radius 3 is 2.74 bits per heavy atom. The minimum Gasteiger partial charge on any atom is -0.487 e. The van der Waals surface area contributed by atoms with Crippen LogP contribution in [-0.4, -0.2) is 64.2 Å². The fourth-order valence-electron chi connectivity index (χ4n) is 3.28. The van der Waals surface area contributed by atoms with Gasteiger partial charge in [0.25, 0.3) is 0 Å². The van der Waals surface area contributed by atoms with Gasteiger partial charge in [-0.2, -0.15) is 0 Å². The second kappa shape index (κ2) is 9.03. The molecule has 0 N–H and O–H groups in total. The summed E-state index contributed by atoms with van der Waals surface area (Å²) in [6, 6.07) is 1.36. The van der Waals surface area contributed by atoms with Crippen LogP contribution in [0.3, 0.4) is 0 Å². The molecular formula is C18H18Cl2N6O4S. The molecule has 0 saturated carbocycles. The standard InChI is InChI=1S/C18H18Cl2N6O4S/c1-29-8-12-9-30-16-13(2-4-21-17(16)20)18-25-24-15(26(12)18)10-31(27,28)5-3-14-22-6-11(19)7-23-14/h2,4,6-7,12H,3,5,8-10H2,1H3/t12-/m1/s1. The van der Waals surface area contributed by atoms with E-state index in [0.717, 1.165) is 0 Å². The van der Waals surface area contributed by atoms with Crippen LogP contribution in [0.4, 0.5) is 0 Å². The zero-order valence-electron chi connectivity index (χ0n) is 16.4. The first-order chi connectivity index (χ1) is 14.9.